The zero-order valence-electron chi connectivity index (χ0n) is 10.9. The van der Waals surface area contributed by atoms with Crippen LogP contribution in [0.4, 0.5) is 0 Å². The average Bonchev–Trinajstić information content (AvgIpc) is 2.18. The van der Waals surface area contributed by atoms with Gasteiger partial charge in [0.1, 0.15) is 0 Å². The van der Waals surface area contributed by atoms with Gasteiger partial charge in [0.2, 0.25) is 0 Å². The van der Waals surface area contributed by atoms with Crippen LogP contribution in [-0.4, -0.2) is 49.3 Å². The summed E-state index contributed by atoms with van der Waals surface area (Å²) in [6.45, 7) is 13.5. The van der Waals surface area contributed by atoms with Crippen LogP contribution in [0.15, 0.2) is 0 Å². The summed E-state index contributed by atoms with van der Waals surface area (Å²) in [5.41, 5.74) is 0.190. The normalized spacial score (nSPS) is 20.6. The summed E-state index contributed by atoms with van der Waals surface area (Å²) in [4.78, 5) is 2.56. The van der Waals surface area contributed by atoms with Crippen LogP contribution < -0.4 is 5.32 Å². The van der Waals surface area contributed by atoms with Crippen molar-refractivity contribution in [2.24, 2.45) is 0 Å². The lowest BCUT2D eigenvalue weighted by atomic mass is 9.87. The van der Waals surface area contributed by atoms with E-state index in [1.807, 2.05) is 0 Å². The molecule has 1 heterocycles. The summed E-state index contributed by atoms with van der Waals surface area (Å²) in [5, 5.41) is 3.39. The third-order valence-corrected chi connectivity index (χ3v) is 3.38. The minimum atomic E-state index is -0.0334. The van der Waals surface area contributed by atoms with Gasteiger partial charge in [-0.25, -0.2) is 0 Å². The van der Waals surface area contributed by atoms with Gasteiger partial charge in [0.25, 0.3) is 0 Å². The van der Waals surface area contributed by atoms with Crippen molar-refractivity contribution in [2.45, 2.75) is 45.3 Å². The number of methoxy groups -OCH3 is 1. The van der Waals surface area contributed by atoms with Crippen molar-refractivity contribution < 1.29 is 4.74 Å². The third kappa shape index (κ3) is 3.74. The van der Waals surface area contributed by atoms with Crippen molar-refractivity contribution in [2.75, 3.05) is 33.3 Å². The minimum Gasteiger partial charge on any atom is -0.379 e. The van der Waals surface area contributed by atoms with Crippen LogP contribution >= 0.6 is 0 Å². The highest BCUT2D eigenvalue weighted by Crippen LogP contribution is 2.28. The maximum Gasteiger partial charge on any atom is 0.0640 e. The molecule has 0 amide bonds. The van der Waals surface area contributed by atoms with Crippen LogP contribution in [0.1, 0.15) is 34.1 Å². The molecule has 0 bridgehead atoms. The predicted molar refractivity (Wildman–Crippen MR) is 64.2 cm³/mol. The van der Waals surface area contributed by atoms with Crippen LogP contribution in [0.5, 0.6) is 0 Å². The molecule has 0 unspecified atom stereocenters. The predicted octanol–water partition coefficient (Wildman–Crippen LogP) is 1.49. The Morgan fingerprint density at radius 3 is 2.13 bits per heavy atom. The molecule has 0 aromatic heterocycles. The van der Waals surface area contributed by atoms with E-state index in [4.69, 9.17) is 4.74 Å². The van der Waals surface area contributed by atoms with Gasteiger partial charge >= 0.3 is 0 Å². The van der Waals surface area contributed by atoms with Crippen molar-refractivity contribution in [1.29, 1.82) is 0 Å². The molecule has 1 saturated heterocycles. The Balaban J connectivity index is 2.56. The summed E-state index contributed by atoms with van der Waals surface area (Å²) in [6.07, 6.45) is 1.07. The summed E-state index contributed by atoms with van der Waals surface area (Å²) in [5.74, 6) is 0. The molecule has 3 nitrogen and oxygen atoms in total. The van der Waals surface area contributed by atoms with E-state index in [-0.39, 0.29) is 11.1 Å². The quantitative estimate of drug-likeness (QED) is 0.767. The molecule has 1 N–H and O–H groups in total. The van der Waals surface area contributed by atoms with Gasteiger partial charge < -0.3 is 10.1 Å². The first-order chi connectivity index (χ1) is 6.87. The van der Waals surface area contributed by atoms with Crippen molar-refractivity contribution in [3.63, 3.8) is 0 Å². The molecule has 1 fully saturated rings. The van der Waals surface area contributed by atoms with Gasteiger partial charge in [-0.15, -0.1) is 0 Å². The van der Waals surface area contributed by atoms with E-state index in [1.165, 1.54) is 0 Å². The molecule has 15 heavy (non-hydrogen) atoms. The first-order valence-electron chi connectivity index (χ1n) is 5.88. The van der Waals surface area contributed by atoms with Crippen molar-refractivity contribution >= 4 is 0 Å². The largest absolute Gasteiger partial charge is 0.379 e. The number of piperazine rings is 1. The Morgan fingerprint density at radius 2 is 1.67 bits per heavy atom. The van der Waals surface area contributed by atoms with Crippen molar-refractivity contribution in [3.8, 4) is 0 Å². The van der Waals surface area contributed by atoms with E-state index in [2.05, 4.69) is 37.9 Å². The fourth-order valence-electron chi connectivity index (χ4n) is 2.50. The lowest BCUT2D eigenvalue weighted by Gasteiger charge is -2.44. The molecule has 0 aliphatic carbocycles. The number of rotatable bonds is 4. The van der Waals surface area contributed by atoms with E-state index in [0.717, 1.165) is 32.6 Å². The maximum absolute atomic E-state index is 5.52. The molecule has 0 aromatic carbocycles. The third-order valence-electron chi connectivity index (χ3n) is 3.38. The Kier molecular flexibility index (Phi) is 4.15. The van der Waals surface area contributed by atoms with Gasteiger partial charge in [0.05, 0.1) is 5.60 Å². The van der Waals surface area contributed by atoms with Gasteiger partial charge in [0.15, 0.2) is 0 Å². The number of nitrogens with one attached hydrogen (secondary N) is 1. The Bertz CT molecular complexity index is 196. The smallest absolute Gasteiger partial charge is 0.0640 e. The zero-order chi connectivity index (χ0) is 11.5. The summed E-state index contributed by atoms with van der Waals surface area (Å²) >= 11 is 0. The van der Waals surface area contributed by atoms with Crippen LogP contribution in [-0.2, 0) is 4.74 Å². The molecular formula is C12H26N2O. The molecule has 0 radical (unpaired) electrons. The summed E-state index contributed by atoms with van der Waals surface area (Å²) < 4.78 is 5.52. The number of hydrogen-bond donors (Lipinski definition) is 1. The molecule has 1 rings (SSSR count). The highest BCUT2D eigenvalue weighted by atomic mass is 16.5. The molecule has 1 aliphatic rings. The lowest BCUT2D eigenvalue weighted by Crippen LogP contribution is -2.55. The fraction of sp³-hybridized carbons (Fsp3) is 1.00. The number of nitrogens with zero attached hydrogens (tertiary/aromatic N) is 1. The average molecular weight is 214 g/mol. The van der Waals surface area contributed by atoms with E-state index in [1.54, 1.807) is 7.11 Å². The first-order valence-corrected chi connectivity index (χ1v) is 5.88. The van der Waals surface area contributed by atoms with Crippen molar-refractivity contribution in [1.82, 2.24) is 10.2 Å². The number of hydrogen-bond acceptors (Lipinski definition) is 3. The van der Waals surface area contributed by atoms with Crippen LogP contribution in [0.25, 0.3) is 0 Å². The van der Waals surface area contributed by atoms with E-state index >= 15 is 0 Å². The molecule has 0 atom stereocenters. The zero-order valence-corrected chi connectivity index (χ0v) is 10.9. The minimum absolute atomic E-state index is 0.0334. The SMILES string of the molecule is COC(C)(C)CC(C)(C)N1CCNCC1. The lowest BCUT2D eigenvalue weighted by molar-refractivity contribution is -0.0338. The van der Waals surface area contributed by atoms with E-state index in [0.29, 0.717) is 0 Å². The van der Waals surface area contributed by atoms with Gasteiger partial charge in [-0.3, -0.25) is 4.90 Å². The second kappa shape index (κ2) is 4.81. The Hall–Kier alpha value is -0.120. The topological polar surface area (TPSA) is 24.5 Å². The summed E-state index contributed by atoms with van der Waals surface area (Å²) in [7, 11) is 1.80. The molecule has 0 aromatic rings. The summed E-state index contributed by atoms with van der Waals surface area (Å²) in [6, 6.07) is 0. The molecular weight excluding hydrogens is 188 g/mol. The van der Waals surface area contributed by atoms with Crippen LogP contribution in [0.2, 0.25) is 0 Å². The molecule has 1 aliphatic heterocycles. The molecule has 0 spiro atoms. The number of ether oxygens (including phenoxy) is 1. The second-order valence-electron chi connectivity index (χ2n) is 5.69. The van der Waals surface area contributed by atoms with Gasteiger partial charge in [-0.2, -0.15) is 0 Å². The standard InChI is InChI=1S/C12H26N2O/c1-11(2,10-12(3,4)15-5)14-8-6-13-7-9-14/h13H,6-10H2,1-5H3. The van der Waals surface area contributed by atoms with Crippen LogP contribution in [0.3, 0.4) is 0 Å². The fourth-order valence-corrected chi connectivity index (χ4v) is 2.50. The van der Waals surface area contributed by atoms with Gasteiger partial charge in [-0.1, -0.05) is 0 Å². The van der Waals surface area contributed by atoms with E-state index in [9.17, 15) is 0 Å². The Labute approximate surface area is 94.2 Å². The molecule has 3 heteroatoms. The highest BCUT2D eigenvalue weighted by Gasteiger charge is 2.33. The molecule has 0 saturated carbocycles. The second-order valence-corrected chi connectivity index (χ2v) is 5.69. The van der Waals surface area contributed by atoms with Crippen LogP contribution in [0, 0.1) is 0 Å². The molecule has 90 valence electrons. The van der Waals surface area contributed by atoms with E-state index < -0.39 is 0 Å². The van der Waals surface area contributed by atoms with Crippen molar-refractivity contribution in [3.05, 3.63) is 0 Å². The van der Waals surface area contributed by atoms with Gasteiger partial charge in [-0.05, 0) is 34.1 Å². The maximum atomic E-state index is 5.52. The Morgan fingerprint density at radius 1 is 1.13 bits per heavy atom. The highest BCUT2D eigenvalue weighted by molar-refractivity contribution is 4.90. The monoisotopic (exact) mass is 214 g/mol. The van der Waals surface area contributed by atoms with Gasteiger partial charge in [0, 0.05) is 38.8 Å². The first kappa shape index (κ1) is 12.9.